The zero-order valence-corrected chi connectivity index (χ0v) is 21.7. The van der Waals surface area contributed by atoms with Crippen LogP contribution in [0.25, 0.3) is 0 Å². The maximum absolute atomic E-state index is 12.8. The van der Waals surface area contributed by atoms with E-state index in [2.05, 4.69) is 20.4 Å². The van der Waals surface area contributed by atoms with E-state index in [9.17, 15) is 19.5 Å². The molecule has 0 spiro atoms. The number of oxime groups is 1. The summed E-state index contributed by atoms with van der Waals surface area (Å²) in [4.78, 5) is 51.1. The third-order valence-electron chi connectivity index (χ3n) is 4.71. The number of nitrogens with zero attached hydrogens (tertiary/aromatic N) is 4. The van der Waals surface area contributed by atoms with Gasteiger partial charge in [-0.3, -0.25) is 19.5 Å². The maximum atomic E-state index is 12.8. The Labute approximate surface area is 223 Å². The van der Waals surface area contributed by atoms with Crippen LogP contribution in [0.2, 0.25) is 0 Å². The molecule has 2 aliphatic heterocycles. The van der Waals surface area contributed by atoms with Crippen molar-refractivity contribution >= 4 is 51.7 Å². The van der Waals surface area contributed by atoms with Gasteiger partial charge >= 0.3 is 29.6 Å². The number of hydrogen-bond donors (Lipinski definition) is 2. The molecule has 2 aromatic heterocycles. The minimum atomic E-state index is -1.54. The van der Waals surface area contributed by atoms with E-state index >= 15 is 0 Å². The van der Waals surface area contributed by atoms with Crippen LogP contribution in [0.3, 0.4) is 0 Å². The third-order valence-corrected chi connectivity index (χ3v) is 6.64. The average Bonchev–Trinajstić information content (AvgIpc) is 3.25. The van der Waals surface area contributed by atoms with Gasteiger partial charge in [0.15, 0.2) is 10.8 Å². The molecule has 2 atom stereocenters. The molecule has 0 saturated carbocycles. The van der Waals surface area contributed by atoms with Gasteiger partial charge in [0.2, 0.25) is 0 Å². The van der Waals surface area contributed by atoms with Gasteiger partial charge in [0.1, 0.15) is 42.3 Å². The number of β-lactam (4-membered cyclic amide) rings is 1. The summed E-state index contributed by atoms with van der Waals surface area (Å²) in [5.74, 6) is -2.58. The average molecular weight is 513 g/mol. The molecule has 172 valence electrons. The van der Waals surface area contributed by atoms with Crippen LogP contribution in [-0.4, -0.2) is 62.6 Å². The molecule has 34 heavy (non-hydrogen) atoms. The van der Waals surface area contributed by atoms with Crippen LogP contribution in [0.15, 0.2) is 46.5 Å². The Morgan fingerprint density at radius 1 is 1.44 bits per heavy atom. The molecule has 15 heteroatoms. The molecular formula is C19H17N6NaO6S2. The van der Waals surface area contributed by atoms with Gasteiger partial charge in [0.05, 0.1) is 11.7 Å². The molecule has 4 rings (SSSR count). The van der Waals surface area contributed by atoms with Crippen LogP contribution in [-0.2, 0) is 30.6 Å². The molecule has 0 aromatic carbocycles. The largest absolute Gasteiger partial charge is 1.00 e. The van der Waals surface area contributed by atoms with E-state index < -0.39 is 29.2 Å². The summed E-state index contributed by atoms with van der Waals surface area (Å²) in [7, 11) is 1.26. The predicted octanol–water partition coefficient (Wildman–Crippen LogP) is -3.95. The van der Waals surface area contributed by atoms with E-state index in [0.29, 0.717) is 0 Å². The first-order valence-electron chi connectivity index (χ1n) is 9.45. The first kappa shape index (κ1) is 26.0. The second kappa shape index (κ2) is 11.2. The maximum Gasteiger partial charge on any atom is 1.00 e. The van der Waals surface area contributed by atoms with E-state index in [1.54, 1.807) is 24.5 Å². The molecule has 0 radical (unpaired) electrons. The number of nitrogens with one attached hydrogen (secondary N) is 1. The summed E-state index contributed by atoms with van der Waals surface area (Å²) in [6.45, 7) is 0.0843. The van der Waals surface area contributed by atoms with Gasteiger partial charge in [-0.2, -0.15) is 0 Å². The summed E-state index contributed by atoms with van der Waals surface area (Å²) in [5, 5.41) is 19.2. The van der Waals surface area contributed by atoms with Crippen LogP contribution in [0.5, 0.6) is 0 Å². The predicted molar refractivity (Wildman–Crippen MR) is 116 cm³/mol. The van der Waals surface area contributed by atoms with Crippen molar-refractivity contribution in [3.63, 3.8) is 0 Å². The van der Waals surface area contributed by atoms with Crippen LogP contribution < -0.4 is 45.7 Å². The van der Waals surface area contributed by atoms with Gasteiger partial charge in [-0.1, -0.05) is 11.2 Å². The molecule has 0 aliphatic carbocycles. The number of nitrogen functional groups attached to an aromatic ring is 1. The number of thioether (sulfide) groups is 1. The Morgan fingerprint density at radius 3 is 2.85 bits per heavy atom. The quantitative estimate of drug-likeness (QED) is 0.154. The van der Waals surface area contributed by atoms with E-state index in [-0.39, 0.29) is 69.9 Å². The number of carboxylic acid groups (broad SMARTS) is 1. The third kappa shape index (κ3) is 5.20. The second-order valence-electron chi connectivity index (χ2n) is 6.76. The Balaban J connectivity index is 0.00000324. The van der Waals surface area contributed by atoms with Gasteiger partial charge in [-0.05, 0) is 6.07 Å². The summed E-state index contributed by atoms with van der Waals surface area (Å²) in [5.41, 5.74) is 6.03. The fourth-order valence-corrected chi connectivity index (χ4v) is 5.07. The molecule has 2 amide bonds. The fourth-order valence-electron chi connectivity index (χ4n) is 3.25. The topological polar surface area (TPSA) is 172 Å². The molecule has 0 unspecified atom stereocenters. The first-order chi connectivity index (χ1) is 15.9. The Bertz CT molecular complexity index is 1160. The number of amides is 2. The van der Waals surface area contributed by atoms with Crippen molar-refractivity contribution in [2.24, 2.45) is 5.16 Å². The van der Waals surface area contributed by atoms with Gasteiger partial charge in [-0.25, -0.2) is 4.98 Å². The minimum absolute atomic E-state index is 0. The van der Waals surface area contributed by atoms with E-state index in [0.717, 1.165) is 21.8 Å². The number of aliphatic carboxylic acids is 1. The normalized spacial score (nSPS) is 19.5. The van der Waals surface area contributed by atoms with E-state index in [1.165, 1.54) is 24.3 Å². The number of ether oxygens (including phenoxy) is 1. The molecule has 12 nitrogen and oxygen atoms in total. The Hall–Kier alpha value is -2.65. The smallest absolute Gasteiger partial charge is 0.543 e. The Kier molecular flexibility index (Phi) is 8.54. The molecule has 3 N–H and O–H groups in total. The van der Waals surface area contributed by atoms with Crippen molar-refractivity contribution in [2.45, 2.75) is 18.0 Å². The molecule has 0 bridgehead atoms. The van der Waals surface area contributed by atoms with Crippen molar-refractivity contribution in [3.8, 4) is 0 Å². The molecule has 2 aromatic rings. The standard InChI is InChI=1S/C19H18N6O6S2.Na/c1-30-24-12(10-7-33-19(20)22-10)15(26)23-13-16(27)25-14(18(28)29)11(8-32-17(13)25)31-6-9-3-2-4-21-5-9;/h2-5,7,13,17H,6,8H2,1H3,(H2,20,22)(H,23,26)(H,28,29);/q;+1/p-1/b24-12-;/t13-,17-;/m1./s1. The number of rotatable bonds is 8. The van der Waals surface area contributed by atoms with Gasteiger partial charge in [0, 0.05) is 23.3 Å². The number of fused-ring (bicyclic) bond motifs is 1. The molecule has 2 aliphatic rings. The van der Waals surface area contributed by atoms with Crippen molar-refractivity contribution in [1.82, 2.24) is 20.2 Å². The number of hydrogen-bond acceptors (Lipinski definition) is 12. The summed E-state index contributed by atoms with van der Waals surface area (Å²) >= 11 is 2.37. The van der Waals surface area contributed by atoms with E-state index in [4.69, 9.17) is 15.3 Å². The molecule has 1 saturated heterocycles. The van der Waals surface area contributed by atoms with Crippen LogP contribution >= 0.6 is 23.1 Å². The minimum Gasteiger partial charge on any atom is -0.543 e. The zero-order chi connectivity index (χ0) is 23.5. The van der Waals surface area contributed by atoms with Crippen molar-refractivity contribution in [2.75, 3.05) is 18.6 Å². The van der Waals surface area contributed by atoms with Crippen molar-refractivity contribution < 1.29 is 58.6 Å². The first-order valence-corrected chi connectivity index (χ1v) is 11.4. The van der Waals surface area contributed by atoms with Crippen LogP contribution in [0, 0.1) is 0 Å². The van der Waals surface area contributed by atoms with Gasteiger partial charge in [0.25, 0.3) is 11.8 Å². The van der Waals surface area contributed by atoms with Crippen molar-refractivity contribution in [3.05, 3.63) is 52.6 Å². The van der Waals surface area contributed by atoms with E-state index in [1.807, 2.05) is 0 Å². The number of carboxylic acids is 1. The molecular weight excluding hydrogens is 495 g/mol. The summed E-state index contributed by atoms with van der Waals surface area (Å²) < 4.78 is 5.65. The number of carbonyl (C=O) groups excluding carboxylic acids is 3. The molecule has 4 heterocycles. The van der Waals surface area contributed by atoms with Crippen LogP contribution in [0.4, 0.5) is 5.13 Å². The second-order valence-corrected chi connectivity index (χ2v) is 8.76. The van der Waals surface area contributed by atoms with Crippen molar-refractivity contribution in [1.29, 1.82) is 0 Å². The molecule has 1 fully saturated rings. The number of nitrogens with two attached hydrogens (primary N) is 1. The number of pyridine rings is 1. The SMILES string of the molecule is CO/N=C(\C(=O)N[C@@H]1C(=O)N2C(C(=O)[O-])=C(OCc3cccnc3)CS[C@H]12)c1csc(N)n1.[Na+]. The zero-order valence-electron chi connectivity index (χ0n) is 18.1. The number of aromatic nitrogens is 2. The number of carbonyl (C=O) groups is 3. The van der Waals surface area contributed by atoms with Gasteiger partial charge < -0.3 is 30.5 Å². The monoisotopic (exact) mass is 512 g/mol. The number of anilines is 1. The Morgan fingerprint density at radius 2 is 2.24 bits per heavy atom. The summed E-state index contributed by atoms with van der Waals surface area (Å²) in [6, 6.07) is 2.53. The fraction of sp³-hybridized carbons (Fsp3) is 0.263. The summed E-state index contributed by atoms with van der Waals surface area (Å²) in [6.07, 6.45) is 3.20. The number of thiazole rings is 1. The van der Waals surface area contributed by atoms with Crippen LogP contribution in [0.1, 0.15) is 11.3 Å². The van der Waals surface area contributed by atoms with Gasteiger partial charge in [-0.15, -0.1) is 23.1 Å².